The topological polar surface area (TPSA) is 113 Å². The van der Waals surface area contributed by atoms with Gasteiger partial charge in [-0.3, -0.25) is 19.1 Å². The molecule has 4 rings (SSSR count). The third-order valence-corrected chi connectivity index (χ3v) is 7.71. The van der Waals surface area contributed by atoms with Crippen molar-refractivity contribution >= 4 is 28.6 Å². The number of anilines is 1. The first-order valence-corrected chi connectivity index (χ1v) is 13.2. The zero-order chi connectivity index (χ0) is 26.5. The number of aryl methyl sites for hydroxylation is 1. The standard InChI is InChI=1S/C28H38N6O3/c1-18(21-11-13-33(14-12-21)15-16-35)9-10-24(29-4)31-28-30-17-23-19(2)25(20(3)36)27(37)34(26(23)32-28)22-7-5-6-8-22/h9-10,17,21-22,35H,1,5-8,11-16H2,2-4H3,(H,29,30,31,32)/b10-9-. The highest BCUT2D eigenvalue weighted by Gasteiger charge is 2.26. The molecule has 2 N–H and O–H groups in total. The van der Waals surface area contributed by atoms with E-state index in [1.165, 1.54) is 6.92 Å². The molecule has 2 aromatic heterocycles. The van der Waals surface area contributed by atoms with E-state index in [4.69, 9.17) is 10.1 Å². The van der Waals surface area contributed by atoms with E-state index in [9.17, 15) is 9.59 Å². The van der Waals surface area contributed by atoms with Crippen LogP contribution in [-0.4, -0.2) is 69.4 Å². The quantitative estimate of drug-likeness (QED) is 0.243. The van der Waals surface area contributed by atoms with Crippen LogP contribution in [0.15, 0.2) is 40.3 Å². The molecule has 2 fully saturated rings. The van der Waals surface area contributed by atoms with Gasteiger partial charge in [0.2, 0.25) is 5.95 Å². The zero-order valence-corrected chi connectivity index (χ0v) is 22.2. The molecule has 0 atom stereocenters. The Morgan fingerprint density at radius 2 is 1.95 bits per heavy atom. The first-order chi connectivity index (χ1) is 17.8. The maximum Gasteiger partial charge on any atom is 0.263 e. The summed E-state index contributed by atoms with van der Waals surface area (Å²) in [4.78, 5) is 41.6. The summed E-state index contributed by atoms with van der Waals surface area (Å²) in [5.41, 5.74) is 2.19. The number of piperidine rings is 1. The van der Waals surface area contributed by atoms with Gasteiger partial charge in [0.1, 0.15) is 11.5 Å². The Labute approximate surface area is 218 Å². The minimum Gasteiger partial charge on any atom is -0.395 e. The average molecular weight is 507 g/mol. The van der Waals surface area contributed by atoms with Crippen molar-refractivity contribution in [2.75, 3.05) is 38.6 Å². The van der Waals surface area contributed by atoms with E-state index in [1.807, 2.05) is 12.2 Å². The van der Waals surface area contributed by atoms with Gasteiger partial charge < -0.3 is 15.3 Å². The number of hydrogen-bond donors (Lipinski definition) is 2. The number of rotatable bonds is 8. The van der Waals surface area contributed by atoms with Crippen molar-refractivity contribution in [3.05, 3.63) is 52.0 Å². The van der Waals surface area contributed by atoms with E-state index >= 15 is 0 Å². The van der Waals surface area contributed by atoms with Crippen molar-refractivity contribution in [1.82, 2.24) is 19.4 Å². The molecular weight excluding hydrogens is 468 g/mol. The van der Waals surface area contributed by atoms with Crippen molar-refractivity contribution in [3.8, 4) is 0 Å². The molecule has 2 aliphatic rings. The second-order valence-corrected chi connectivity index (χ2v) is 10.1. The number of nitrogens with one attached hydrogen (secondary N) is 1. The molecule has 0 unspecified atom stereocenters. The third-order valence-electron chi connectivity index (χ3n) is 7.71. The molecule has 9 nitrogen and oxygen atoms in total. The highest BCUT2D eigenvalue weighted by atomic mass is 16.3. The number of fused-ring (bicyclic) bond motifs is 1. The van der Waals surface area contributed by atoms with Gasteiger partial charge in [0.05, 0.1) is 12.2 Å². The molecule has 1 saturated heterocycles. The maximum atomic E-state index is 13.4. The zero-order valence-electron chi connectivity index (χ0n) is 22.2. The van der Waals surface area contributed by atoms with E-state index in [1.54, 1.807) is 24.7 Å². The fourth-order valence-electron chi connectivity index (χ4n) is 5.59. The summed E-state index contributed by atoms with van der Waals surface area (Å²) in [5, 5.41) is 13.0. The number of aliphatic imine (C=N–C) groups is 1. The number of aliphatic hydroxyl groups excluding tert-OH is 1. The van der Waals surface area contributed by atoms with Crippen LogP contribution in [0.5, 0.6) is 0 Å². The van der Waals surface area contributed by atoms with Crippen LogP contribution in [-0.2, 0) is 0 Å². The highest BCUT2D eigenvalue weighted by molar-refractivity contribution is 6.03. The number of β-amino-alcohol motifs (C(OH)–C–C–N with tert-alkyl or cyclic N) is 1. The largest absolute Gasteiger partial charge is 0.395 e. The van der Waals surface area contributed by atoms with Gasteiger partial charge in [0, 0.05) is 31.2 Å². The number of pyridine rings is 1. The molecule has 0 radical (unpaired) electrons. The van der Waals surface area contributed by atoms with Gasteiger partial charge in [0.15, 0.2) is 5.78 Å². The lowest BCUT2D eigenvalue weighted by Crippen LogP contribution is -2.35. The number of aliphatic hydroxyl groups is 1. The Hall–Kier alpha value is -3.17. The number of carbonyl (C=O) groups is 1. The molecule has 198 valence electrons. The number of amidine groups is 1. The SMILES string of the molecule is C=C(/C=C\C(=NC)Nc1ncc2c(C)c(C(C)=O)c(=O)n(C3CCCC3)c2n1)C1CCN(CCO)CC1. The monoisotopic (exact) mass is 506 g/mol. The second kappa shape index (κ2) is 11.9. The molecule has 0 amide bonds. The molecule has 9 heteroatoms. The van der Waals surface area contributed by atoms with Gasteiger partial charge in [-0.25, -0.2) is 4.98 Å². The Bertz CT molecular complexity index is 1280. The average Bonchev–Trinajstić information content (AvgIpc) is 3.41. The summed E-state index contributed by atoms with van der Waals surface area (Å²) in [6.07, 6.45) is 11.5. The number of aromatic nitrogens is 3. The Kier molecular flexibility index (Phi) is 8.66. The molecule has 2 aromatic rings. The molecule has 1 aliphatic heterocycles. The number of ketones is 1. The van der Waals surface area contributed by atoms with E-state index < -0.39 is 0 Å². The van der Waals surface area contributed by atoms with Crippen LogP contribution >= 0.6 is 0 Å². The third kappa shape index (κ3) is 5.88. The second-order valence-electron chi connectivity index (χ2n) is 10.1. The molecular formula is C28H38N6O3. The molecule has 1 saturated carbocycles. The number of hydrogen-bond acceptors (Lipinski definition) is 7. The maximum absolute atomic E-state index is 13.4. The van der Waals surface area contributed by atoms with Gasteiger partial charge in [-0.1, -0.05) is 31.1 Å². The van der Waals surface area contributed by atoms with Gasteiger partial charge in [-0.15, -0.1) is 0 Å². The first kappa shape index (κ1) is 26.9. The van der Waals surface area contributed by atoms with Crippen molar-refractivity contribution in [1.29, 1.82) is 0 Å². The lowest BCUT2D eigenvalue weighted by atomic mass is 9.90. The minimum atomic E-state index is -0.264. The smallest absolute Gasteiger partial charge is 0.263 e. The Balaban J connectivity index is 1.57. The van der Waals surface area contributed by atoms with Gasteiger partial charge in [-0.05, 0) is 70.2 Å². The van der Waals surface area contributed by atoms with Gasteiger partial charge >= 0.3 is 0 Å². The highest BCUT2D eigenvalue weighted by Crippen LogP contribution is 2.32. The lowest BCUT2D eigenvalue weighted by Gasteiger charge is -2.31. The summed E-state index contributed by atoms with van der Waals surface area (Å²) in [6, 6.07) is 0.0304. The van der Waals surface area contributed by atoms with E-state index in [-0.39, 0.29) is 29.6 Å². The predicted molar refractivity (Wildman–Crippen MR) is 148 cm³/mol. The number of allylic oxidation sites excluding steroid dienone is 2. The molecule has 1 aliphatic carbocycles. The van der Waals surface area contributed by atoms with E-state index in [0.717, 1.165) is 63.7 Å². The van der Waals surface area contributed by atoms with Crippen molar-refractivity contribution in [2.24, 2.45) is 10.9 Å². The molecule has 0 bridgehead atoms. The van der Waals surface area contributed by atoms with Crippen molar-refractivity contribution < 1.29 is 9.90 Å². The predicted octanol–water partition coefficient (Wildman–Crippen LogP) is 3.67. The summed E-state index contributed by atoms with van der Waals surface area (Å²) in [6.45, 7) is 10.3. The Morgan fingerprint density at radius 1 is 1.24 bits per heavy atom. The van der Waals surface area contributed by atoms with Crippen LogP contribution in [0.1, 0.15) is 67.4 Å². The summed E-state index contributed by atoms with van der Waals surface area (Å²) in [7, 11) is 1.70. The van der Waals surface area contributed by atoms with E-state index in [0.29, 0.717) is 34.3 Å². The number of carbonyl (C=O) groups excluding carboxylic acids is 1. The van der Waals surface area contributed by atoms with Crippen LogP contribution in [0.2, 0.25) is 0 Å². The molecule has 3 heterocycles. The lowest BCUT2D eigenvalue weighted by molar-refractivity contribution is 0.101. The van der Waals surface area contributed by atoms with Crippen molar-refractivity contribution in [3.63, 3.8) is 0 Å². The minimum absolute atomic E-state index is 0.0304. The fourth-order valence-corrected chi connectivity index (χ4v) is 5.59. The van der Waals surface area contributed by atoms with E-state index in [2.05, 4.69) is 26.8 Å². The normalized spacial score (nSPS) is 18.2. The molecule has 0 spiro atoms. The number of likely N-dealkylation sites (tertiary alicyclic amines) is 1. The van der Waals surface area contributed by atoms with Crippen LogP contribution in [0.3, 0.4) is 0 Å². The van der Waals surface area contributed by atoms with Crippen LogP contribution in [0, 0.1) is 12.8 Å². The number of nitrogens with zero attached hydrogens (tertiary/aromatic N) is 5. The van der Waals surface area contributed by atoms with Crippen molar-refractivity contribution in [2.45, 2.75) is 58.4 Å². The van der Waals surface area contributed by atoms with Crippen LogP contribution < -0.4 is 10.9 Å². The molecule has 37 heavy (non-hydrogen) atoms. The van der Waals surface area contributed by atoms with Gasteiger partial charge in [0.25, 0.3) is 5.56 Å². The number of Topliss-reactive ketones (excluding diaryl/α,β-unsaturated/α-hetero) is 1. The van der Waals surface area contributed by atoms with Crippen LogP contribution in [0.25, 0.3) is 11.0 Å². The first-order valence-electron chi connectivity index (χ1n) is 13.2. The Morgan fingerprint density at radius 3 is 2.57 bits per heavy atom. The summed E-state index contributed by atoms with van der Waals surface area (Å²) in [5.74, 6) is 1.11. The fraction of sp³-hybridized carbons (Fsp3) is 0.536. The van der Waals surface area contributed by atoms with Crippen LogP contribution in [0.4, 0.5) is 5.95 Å². The van der Waals surface area contributed by atoms with Gasteiger partial charge in [-0.2, -0.15) is 4.98 Å². The summed E-state index contributed by atoms with van der Waals surface area (Å²) >= 11 is 0. The summed E-state index contributed by atoms with van der Waals surface area (Å²) < 4.78 is 1.71. The molecule has 0 aromatic carbocycles.